The highest BCUT2D eigenvalue weighted by molar-refractivity contribution is 7.99. The number of rotatable bonds is 6. The summed E-state index contributed by atoms with van der Waals surface area (Å²) in [6.07, 6.45) is 1.66. The van der Waals surface area contributed by atoms with Gasteiger partial charge in [0.25, 0.3) is 5.56 Å². The van der Waals surface area contributed by atoms with Crippen LogP contribution >= 0.6 is 11.8 Å². The number of hydrogen-bond acceptors (Lipinski definition) is 5. The Kier molecular flexibility index (Phi) is 6.14. The molecule has 0 saturated carbocycles. The third-order valence-corrected chi connectivity index (χ3v) is 6.26. The smallest absolute Gasteiger partial charge is 0.266 e. The fraction of sp³-hybridized carbons (Fsp3) is 0.250. The van der Waals surface area contributed by atoms with Crippen LogP contribution in [0.2, 0.25) is 0 Å². The molecule has 0 fully saturated rings. The number of nitrogens with zero attached hydrogens (tertiary/aromatic N) is 4. The second-order valence-electron chi connectivity index (χ2n) is 7.86. The number of carbonyl (C=O) groups is 1. The first kappa shape index (κ1) is 21.8. The van der Waals surface area contributed by atoms with Crippen molar-refractivity contribution < 1.29 is 4.79 Å². The Morgan fingerprint density at radius 2 is 1.88 bits per heavy atom. The molecule has 32 heavy (non-hydrogen) atoms. The SMILES string of the molecule is Cc1cccc(-n2c(SCC(=O)Nc3ccnn3C(C)C)nc3ccccc3c2=O)c1C. The molecule has 0 aliphatic heterocycles. The van der Waals surface area contributed by atoms with Crippen LogP contribution in [0.3, 0.4) is 0 Å². The summed E-state index contributed by atoms with van der Waals surface area (Å²) >= 11 is 1.24. The molecule has 0 saturated heterocycles. The van der Waals surface area contributed by atoms with Gasteiger partial charge in [0.1, 0.15) is 5.82 Å². The van der Waals surface area contributed by atoms with E-state index >= 15 is 0 Å². The predicted octanol–water partition coefficient (Wildman–Crippen LogP) is 4.51. The lowest BCUT2D eigenvalue weighted by Gasteiger charge is -2.16. The first-order valence-electron chi connectivity index (χ1n) is 10.4. The molecular formula is C24H25N5O2S. The van der Waals surface area contributed by atoms with E-state index in [2.05, 4.69) is 10.4 Å². The van der Waals surface area contributed by atoms with Gasteiger partial charge in [0.15, 0.2) is 5.16 Å². The van der Waals surface area contributed by atoms with E-state index in [1.165, 1.54) is 11.8 Å². The van der Waals surface area contributed by atoms with Crippen molar-refractivity contribution in [1.29, 1.82) is 0 Å². The van der Waals surface area contributed by atoms with E-state index < -0.39 is 0 Å². The van der Waals surface area contributed by atoms with Gasteiger partial charge in [0, 0.05) is 12.1 Å². The molecule has 0 bridgehead atoms. The molecule has 1 amide bonds. The summed E-state index contributed by atoms with van der Waals surface area (Å²) in [7, 11) is 0. The molecule has 7 nitrogen and oxygen atoms in total. The Morgan fingerprint density at radius 1 is 1.09 bits per heavy atom. The normalized spacial score (nSPS) is 11.3. The monoisotopic (exact) mass is 447 g/mol. The fourth-order valence-corrected chi connectivity index (χ4v) is 4.34. The van der Waals surface area contributed by atoms with Crippen LogP contribution in [0.5, 0.6) is 0 Å². The number of fused-ring (bicyclic) bond motifs is 1. The second kappa shape index (κ2) is 9.00. The van der Waals surface area contributed by atoms with E-state index in [0.29, 0.717) is 21.9 Å². The van der Waals surface area contributed by atoms with Crippen LogP contribution in [0.15, 0.2) is 64.7 Å². The molecular weight excluding hydrogens is 422 g/mol. The molecule has 0 aliphatic rings. The summed E-state index contributed by atoms with van der Waals surface area (Å²) in [6, 6.07) is 15.0. The molecule has 0 spiro atoms. The number of aryl methyl sites for hydroxylation is 1. The zero-order valence-electron chi connectivity index (χ0n) is 18.5. The Morgan fingerprint density at radius 3 is 2.66 bits per heavy atom. The van der Waals surface area contributed by atoms with E-state index in [0.717, 1.165) is 16.8 Å². The van der Waals surface area contributed by atoms with Crippen molar-refractivity contribution in [2.45, 2.75) is 38.9 Å². The number of aromatic nitrogens is 4. The third-order valence-electron chi connectivity index (χ3n) is 5.32. The zero-order chi connectivity index (χ0) is 22.8. The molecule has 0 atom stereocenters. The molecule has 0 unspecified atom stereocenters. The highest BCUT2D eigenvalue weighted by Gasteiger charge is 2.17. The average molecular weight is 448 g/mol. The van der Waals surface area contributed by atoms with Crippen LogP contribution in [0.25, 0.3) is 16.6 Å². The summed E-state index contributed by atoms with van der Waals surface area (Å²) < 4.78 is 3.36. The molecule has 8 heteroatoms. The number of benzene rings is 2. The lowest BCUT2D eigenvalue weighted by Crippen LogP contribution is -2.24. The number of anilines is 1. The lowest BCUT2D eigenvalue weighted by atomic mass is 10.1. The van der Waals surface area contributed by atoms with Gasteiger partial charge in [-0.1, -0.05) is 36.0 Å². The highest BCUT2D eigenvalue weighted by atomic mass is 32.2. The maximum atomic E-state index is 13.4. The van der Waals surface area contributed by atoms with Gasteiger partial charge in [-0.2, -0.15) is 5.10 Å². The van der Waals surface area contributed by atoms with E-state index in [9.17, 15) is 9.59 Å². The second-order valence-corrected chi connectivity index (χ2v) is 8.81. The largest absolute Gasteiger partial charge is 0.310 e. The molecule has 1 N–H and O–H groups in total. The van der Waals surface area contributed by atoms with Crippen LogP contribution in [0.4, 0.5) is 5.82 Å². The molecule has 164 valence electrons. The number of hydrogen-bond donors (Lipinski definition) is 1. The minimum Gasteiger partial charge on any atom is -0.310 e. The summed E-state index contributed by atoms with van der Waals surface area (Å²) in [4.78, 5) is 30.8. The number of carbonyl (C=O) groups excluding carboxylic acids is 1. The van der Waals surface area contributed by atoms with Crippen molar-refractivity contribution in [1.82, 2.24) is 19.3 Å². The standard InChI is InChI=1S/C24H25N5O2S/c1-15(2)29-21(12-13-25-29)27-22(30)14-32-24-26-19-10-6-5-9-18(19)23(31)28(24)20-11-7-8-16(3)17(20)4/h5-13,15H,14H2,1-4H3,(H,27,30). The minimum atomic E-state index is -0.188. The van der Waals surface area contributed by atoms with Crippen molar-refractivity contribution in [3.05, 3.63) is 76.2 Å². The van der Waals surface area contributed by atoms with E-state index in [1.54, 1.807) is 27.6 Å². The maximum Gasteiger partial charge on any atom is 0.266 e. The van der Waals surface area contributed by atoms with Gasteiger partial charge in [0.05, 0.1) is 28.5 Å². The van der Waals surface area contributed by atoms with Gasteiger partial charge >= 0.3 is 0 Å². The third kappa shape index (κ3) is 4.18. The van der Waals surface area contributed by atoms with Crippen LogP contribution < -0.4 is 10.9 Å². The topological polar surface area (TPSA) is 81.8 Å². The Bertz CT molecular complexity index is 1360. The van der Waals surface area contributed by atoms with Gasteiger partial charge in [0.2, 0.25) is 5.91 Å². The van der Waals surface area contributed by atoms with Crippen LogP contribution in [-0.4, -0.2) is 31.0 Å². The average Bonchev–Trinajstić information content (AvgIpc) is 3.23. The van der Waals surface area contributed by atoms with E-state index in [-0.39, 0.29) is 23.3 Å². The summed E-state index contributed by atoms with van der Waals surface area (Å²) in [5, 5.41) is 8.17. The molecule has 2 aromatic heterocycles. The van der Waals surface area contributed by atoms with Crippen LogP contribution in [0.1, 0.15) is 31.0 Å². The maximum absolute atomic E-state index is 13.4. The Hall–Kier alpha value is -3.39. The first-order valence-corrected chi connectivity index (χ1v) is 11.4. The molecule has 0 aliphatic carbocycles. The summed E-state index contributed by atoms with van der Waals surface area (Å²) in [6.45, 7) is 8.00. The van der Waals surface area contributed by atoms with Gasteiger partial charge in [-0.05, 0) is 57.0 Å². The number of amides is 1. The Labute approximate surface area is 190 Å². The molecule has 2 aromatic carbocycles. The number of nitrogens with one attached hydrogen (secondary N) is 1. The zero-order valence-corrected chi connectivity index (χ0v) is 19.3. The summed E-state index contributed by atoms with van der Waals surface area (Å²) in [5.74, 6) is 0.565. The highest BCUT2D eigenvalue weighted by Crippen LogP contribution is 2.25. The van der Waals surface area contributed by atoms with E-state index in [4.69, 9.17) is 4.98 Å². The van der Waals surface area contributed by atoms with Crippen molar-refractivity contribution in [3.8, 4) is 5.69 Å². The Balaban J connectivity index is 1.70. The van der Waals surface area contributed by atoms with Crippen molar-refractivity contribution in [2.75, 3.05) is 11.1 Å². The van der Waals surface area contributed by atoms with Gasteiger partial charge in [-0.25, -0.2) is 9.67 Å². The molecule has 2 heterocycles. The van der Waals surface area contributed by atoms with Crippen LogP contribution in [0, 0.1) is 13.8 Å². The van der Waals surface area contributed by atoms with Crippen molar-refractivity contribution in [2.24, 2.45) is 0 Å². The van der Waals surface area contributed by atoms with Crippen molar-refractivity contribution in [3.63, 3.8) is 0 Å². The van der Waals surface area contributed by atoms with E-state index in [1.807, 2.05) is 64.1 Å². The molecule has 4 aromatic rings. The summed E-state index contributed by atoms with van der Waals surface area (Å²) in [5.41, 5.74) is 3.32. The van der Waals surface area contributed by atoms with Gasteiger partial charge < -0.3 is 5.32 Å². The van der Waals surface area contributed by atoms with Crippen molar-refractivity contribution >= 4 is 34.4 Å². The molecule has 4 rings (SSSR count). The number of thioether (sulfide) groups is 1. The van der Waals surface area contributed by atoms with Gasteiger partial charge in [-0.15, -0.1) is 0 Å². The quantitative estimate of drug-likeness (QED) is 0.347. The van der Waals surface area contributed by atoms with Gasteiger partial charge in [-0.3, -0.25) is 14.2 Å². The minimum absolute atomic E-state index is 0.110. The van der Waals surface area contributed by atoms with Crippen LogP contribution in [-0.2, 0) is 4.79 Å². The predicted molar refractivity (Wildman–Crippen MR) is 129 cm³/mol. The number of para-hydroxylation sites is 1. The lowest BCUT2D eigenvalue weighted by molar-refractivity contribution is -0.113. The fourth-order valence-electron chi connectivity index (χ4n) is 3.53. The first-order chi connectivity index (χ1) is 15.4. The molecule has 0 radical (unpaired) electrons.